The minimum absolute atomic E-state index is 0.0370. The number of benzene rings is 1. The number of thioether (sulfide) groups is 1. The summed E-state index contributed by atoms with van der Waals surface area (Å²) in [5, 5.41) is 11.9. The fourth-order valence-corrected chi connectivity index (χ4v) is 3.83. The molecular formula is C19H25FN4O2S. The summed E-state index contributed by atoms with van der Waals surface area (Å²) in [7, 11) is 0. The molecule has 0 saturated carbocycles. The van der Waals surface area contributed by atoms with Crippen LogP contribution in [-0.2, 0) is 16.1 Å². The minimum atomic E-state index is -0.305. The van der Waals surface area contributed by atoms with Gasteiger partial charge in [-0.25, -0.2) is 4.39 Å². The Morgan fingerprint density at radius 3 is 2.70 bits per heavy atom. The summed E-state index contributed by atoms with van der Waals surface area (Å²) >= 11 is 1.37. The topological polar surface area (TPSA) is 69.0 Å². The molecule has 1 aliphatic rings. The number of hydrogen-bond acceptors (Lipinski definition) is 5. The fraction of sp³-hybridized carbons (Fsp3) is 0.526. The lowest BCUT2D eigenvalue weighted by molar-refractivity contribution is -0.120. The zero-order chi connectivity index (χ0) is 19.4. The van der Waals surface area contributed by atoms with E-state index in [0.717, 1.165) is 25.0 Å². The molecule has 1 aromatic heterocycles. The van der Waals surface area contributed by atoms with Crippen molar-refractivity contribution >= 4 is 17.7 Å². The summed E-state index contributed by atoms with van der Waals surface area (Å²) in [6.45, 7) is 7.09. The summed E-state index contributed by atoms with van der Waals surface area (Å²) in [6.07, 6.45) is 2.11. The zero-order valence-electron chi connectivity index (χ0n) is 15.8. The van der Waals surface area contributed by atoms with Gasteiger partial charge in [-0.1, -0.05) is 11.8 Å². The van der Waals surface area contributed by atoms with E-state index >= 15 is 0 Å². The van der Waals surface area contributed by atoms with Crippen LogP contribution in [-0.4, -0.2) is 44.7 Å². The first kappa shape index (κ1) is 19.8. The molecule has 3 rings (SSSR count). The first-order valence-corrected chi connectivity index (χ1v) is 10.1. The standard InChI is InChI=1S/C19H25FN4O2S/c1-12(2)21-18(25)13(3)27-19-23-22-17(14-6-8-15(20)9-7-14)24(19)11-16-5-4-10-26-16/h6-9,12-13,16H,4-5,10-11H2,1-3H3,(H,21,25). The van der Waals surface area contributed by atoms with Crippen LogP contribution < -0.4 is 5.32 Å². The molecule has 6 nitrogen and oxygen atoms in total. The van der Waals surface area contributed by atoms with E-state index < -0.39 is 0 Å². The Bertz CT molecular complexity index is 773. The predicted octanol–water partition coefficient (Wildman–Crippen LogP) is 3.27. The van der Waals surface area contributed by atoms with Crippen molar-refractivity contribution in [3.8, 4) is 11.4 Å². The second-order valence-electron chi connectivity index (χ2n) is 6.98. The SMILES string of the molecule is CC(C)NC(=O)C(C)Sc1nnc(-c2ccc(F)cc2)n1CC1CCCO1. The highest BCUT2D eigenvalue weighted by Crippen LogP contribution is 2.29. The molecule has 0 bridgehead atoms. The van der Waals surface area contributed by atoms with Gasteiger partial charge in [-0.3, -0.25) is 9.36 Å². The van der Waals surface area contributed by atoms with Gasteiger partial charge >= 0.3 is 0 Å². The average Bonchev–Trinajstić information content (AvgIpc) is 3.26. The Hall–Kier alpha value is -1.93. The maximum absolute atomic E-state index is 13.3. The summed E-state index contributed by atoms with van der Waals surface area (Å²) in [6, 6.07) is 6.28. The molecule has 0 radical (unpaired) electrons. The van der Waals surface area contributed by atoms with Crippen LogP contribution in [0.25, 0.3) is 11.4 Å². The molecule has 2 unspecified atom stereocenters. The molecule has 1 amide bonds. The molecule has 1 aromatic carbocycles. The molecule has 0 spiro atoms. The molecule has 2 heterocycles. The minimum Gasteiger partial charge on any atom is -0.376 e. The highest BCUT2D eigenvalue weighted by atomic mass is 32.2. The van der Waals surface area contributed by atoms with Crippen LogP contribution >= 0.6 is 11.8 Å². The number of hydrogen-bond donors (Lipinski definition) is 1. The second kappa shape index (κ2) is 8.84. The van der Waals surface area contributed by atoms with Crippen LogP contribution in [0.1, 0.15) is 33.6 Å². The summed E-state index contributed by atoms with van der Waals surface area (Å²) in [5.41, 5.74) is 0.785. The number of amides is 1. The molecular weight excluding hydrogens is 367 g/mol. The van der Waals surface area contributed by atoms with E-state index in [1.165, 1.54) is 23.9 Å². The molecule has 1 fully saturated rings. The van der Waals surface area contributed by atoms with Gasteiger partial charge in [-0.15, -0.1) is 10.2 Å². The highest BCUT2D eigenvalue weighted by Gasteiger charge is 2.24. The Kier molecular flexibility index (Phi) is 6.49. The quantitative estimate of drug-likeness (QED) is 0.733. The lowest BCUT2D eigenvalue weighted by Crippen LogP contribution is -2.36. The van der Waals surface area contributed by atoms with Gasteiger partial charge in [-0.2, -0.15) is 0 Å². The lowest BCUT2D eigenvalue weighted by atomic mass is 10.2. The normalized spacial score (nSPS) is 18.0. The summed E-state index contributed by atoms with van der Waals surface area (Å²) < 4.78 is 21.0. The van der Waals surface area contributed by atoms with Crippen LogP contribution in [0.2, 0.25) is 0 Å². The Labute approximate surface area is 162 Å². The van der Waals surface area contributed by atoms with Gasteiger partial charge in [0, 0.05) is 18.2 Å². The number of aromatic nitrogens is 3. The number of nitrogens with one attached hydrogen (secondary N) is 1. The van der Waals surface area contributed by atoms with Crippen molar-refractivity contribution in [2.24, 2.45) is 0 Å². The van der Waals surface area contributed by atoms with E-state index in [1.54, 1.807) is 12.1 Å². The van der Waals surface area contributed by atoms with Gasteiger partial charge in [0.25, 0.3) is 0 Å². The molecule has 2 aromatic rings. The van der Waals surface area contributed by atoms with E-state index in [-0.39, 0.29) is 29.1 Å². The summed E-state index contributed by atoms with van der Waals surface area (Å²) in [4.78, 5) is 12.3. The molecule has 2 atom stereocenters. The number of ether oxygens (including phenoxy) is 1. The van der Waals surface area contributed by atoms with Crippen LogP contribution in [0.5, 0.6) is 0 Å². The molecule has 146 valence electrons. The first-order chi connectivity index (χ1) is 12.9. The van der Waals surface area contributed by atoms with E-state index in [9.17, 15) is 9.18 Å². The van der Waals surface area contributed by atoms with Crippen molar-refractivity contribution in [2.75, 3.05) is 6.61 Å². The second-order valence-corrected chi connectivity index (χ2v) is 8.29. The van der Waals surface area contributed by atoms with Crippen LogP contribution in [0.3, 0.4) is 0 Å². The van der Waals surface area contributed by atoms with Crippen LogP contribution in [0, 0.1) is 5.82 Å². The van der Waals surface area contributed by atoms with Gasteiger partial charge in [-0.05, 0) is 57.9 Å². The number of carbonyl (C=O) groups excluding carboxylic acids is 1. The molecule has 1 N–H and O–H groups in total. The average molecular weight is 393 g/mol. The predicted molar refractivity (Wildman–Crippen MR) is 103 cm³/mol. The van der Waals surface area contributed by atoms with Gasteiger partial charge in [0.1, 0.15) is 5.82 Å². The Balaban J connectivity index is 1.86. The molecule has 0 aliphatic carbocycles. The van der Waals surface area contributed by atoms with Crippen molar-refractivity contribution < 1.29 is 13.9 Å². The van der Waals surface area contributed by atoms with Crippen LogP contribution in [0.15, 0.2) is 29.4 Å². The van der Waals surface area contributed by atoms with Crippen LogP contribution in [0.4, 0.5) is 4.39 Å². The van der Waals surface area contributed by atoms with Gasteiger partial charge in [0.2, 0.25) is 5.91 Å². The Morgan fingerprint density at radius 1 is 1.33 bits per heavy atom. The molecule has 1 aliphatic heterocycles. The third kappa shape index (κ3) is 5.07. The van der Waals surface area contributed by atoms with Gasteiger partial charge < -0.3 is 10.1 Å². The smallest absolute Gasteiger partial charge is 0.233 e. The van der Waals surface area contributed by atoms with Crippen molar-refractivity contribution in [1.82, 2.24) is 20.1 Å². The zero-order valence-corrected chi connectivity index (χ0v) is 16.6. The number of carbonyl (C=O) groups is 1. The van der Waals surface area contributed by atoms with E-state index in [0.29, 0.717) is 17.5 Å². The highest BCUT2D eigenvalue weighted by molar-refractivity contribution is 8.00. The van der Waals surface area contributed by atoms with Crippen molar-refractivity contribution in [3.05, 3.63) is 30.1 Å². The third-order valence-electron chi connectivity index (χ3n) is 4.31. The monoisotopic (exact) mass is 392 g/mol. The van der Waals surface area contributed by atoms with Crippen molar-refractivity contribution in [2.45, 2.75) is 62.7 Å². The van der Waals surface area contributed by atoms with E-state index in [2.05, 4.69) is 15.5 Å². The maximum atomic E-state index is 13.3. The Morgan fingerprint density at radius 2 is 2.07 bits per heavy atom. The van der Waals surface area contributed by atoms with E-state index in [1.807, 2.05) is 25.3 Å². The number of rotatable bonds is 7. The third-order valence-corrected chi connectivity index (χ3v) is 5.39. The summed E-state index contributed by atoms with van der Waals surface area (Å²) in [5.74, 6) is 0.326. The van der Waals surface area contributed by atoms with Gasteiger partial charge in [0.05, 0.1) is 17.9 Å². The van der Waals surface area contributed by atoms with E-state index in [4.69, 9.17) is 4.74 Å². The first-order valence-electron chi connectivity index (χ1n) is 9.22. The van der Waals surface area contributed by atoms with Crippen molar-refractivity contribution in [3.63, 3.8) is 0 Å². The largest absolute Gasteiger partial charge is 0.376 e. The van der Waals surface area contributed by atoms with Gasteiger partial charge in [0.15, 0.2) is 11.0 Å². The maximum Gasteiger partial charge on any atom is 0.233 e. The molecule has 1 saturated heterocycles. The molecule has 27 heavy (non-hydrogen) atoms. The fourth-order valence-electron chi connectivity index (χ4n) is 2.96. The molecule has 8 heteroatoms. The number of nitrogens with zero attached hydrogens (tertiary/aromatic N) is 3. The lowest BCUT2D eigenvalue weighted by Gasteiger charge is -2.17. The number of halogens is 1. The van der Waals surface area contributed by atoms with Crippen molar-refractivity contribution in [1.29, 1.82) is 0 Å².